The molecular weight excluding hydrogens is 210 g/mol. The summed E-state index contributed by atoms with van der Waals surface area (Å²) in [5.41, 5.74) is 8.68. The van der Waals surface area contributed by atoms with Crippen LogP contribution in [0.15, 0.2) is 29.4 Å². The molecule has 82 valence electrons. The Kier molecular flexibility index (Phi) is 4.06. The number of nitrogens with zero attached hydrogens (tertiary/aromatic N) is 3. The maximum atomic E-state index is 11.4. The number of azide groups is 1. The molecule has 16 heavy (non-hydrogen) atoms. The van der Waals surface area contributed by atoms with Gasteiger partial charge in [0.05, 0.1) is 19.2 Å². The van der Waals surface area contributed by atoms with Crippen LogP contribution in [0.1, 0.15) is 20.7 Å². The van der Waals surface area contributed by atoms with E-state index in [-0.39, 0.29) is 17.9 Å². The van der Waals surface area contributed by atoms with Crippen molar-refractivity contribution in [1.29, 1.82) is 0 Å². The summed E-state index contributed by atoms with van der Waals surface area (Å²) in [5.74, 6) is -0.859. The zero-order chi connectivity index (χ0) is 12.0. The number of ketones is 1. The largest absolute Gasteiger partial charge is 0.465 e. The third-order valence-corrected chi connectivity index (χ3v) is 1.88. The molecule has 0 aliphatic rings. The van der Waals surface area contributed by atoms with Gasteiger partial charge in [0.2, 0.25) is 0 Å². The number of ether oxygens (including phenoxy) is 1. The number of hydrogen-bond donors (Lipinski definition) is 0. The van der Waals surface area contributed by atoms with E-state index >= 15 is 0 Å². The van der Waals surface area contributed by atoms with Crippen LogP contribution in [0, 0.1) is 0 Å². The summed E-state index contributed by atoms with van der Waals surface area (Å²) in [6.07, 6.45) is 0. The predicted octanol–water partition coefficient (Wildman–Crippen LogP) is 1.97. The Bertz CT molecular complexity index is 464. The Morgan fingerprint density at radius 1 is 1.44 bits per heavy atom. The molecule has 0 saturated heterocycles. The average Bonchev–Trinajstić information content (AvgIpc) is 2.35. The van der Waals surface area contributed by atoms with Crippen molar-refractivity contribution in [2.45, 2.75) is 0 Å². The lowest BCUT2D eigenvalue weighted by Gasteiger charge is -2.01. The topological polar surface area (TPSA) is 92.1 Å². The molecule has 1 aromatic carbocycles. The molecule has 0 amide bonds. The first-order valence-corrected chi connectivity index (χ1v) is 4.41. The normalized spacial score (nSPS) is 9.06. The summed E-state index contributed by atoms with van der Waals surface area (Å²) < 4.78 is 4.52. The van der Waals surface area contributed by atoms with E-state index in [1.165, 1.54) is 19.2 Å². The van der Waals surface area contributed by atoms with Crippen LogP contribution in [-0.2, 0) is 4.74 Å². The van der Waals surface area contributed by atoms with Gasteiger partial charge in [0.25, 0.3) is 0 Å². The minimum Gasteiger partial charge on any atom is -0.465 e. The predicted molar refractivity (Wildman–Crippen MR) is 56.1 cm³/mol. The minimum absolute atomic E-state index is 0.263. The number of esters is 1. The molecule has 0 heterocycles. The van der Waals surface area contributed by atoms with Crippen molar-refractivity contribution in [2.24, 2.45) is 5.11 Å². The highest BCUT2D eigenvalue weighted by molar-refractivity contribution is 6.00. The second kappa shape index (κ2) is 5.53. The van der Waals surface area contributed by atoms with Gasteiger partial charge in [-0.15, -0.1) is 0 Å². The lowest BCUT2D eigenvalue weighted by Crippen LogP contribution is -2.06. The Balaban J connectivity index is 2.93. The maximum Gasteiger partial charge on any atom is 0.337 e. The van der Waals surface area contributed by atoms with Crippen molar-refractivity contribution in [3.05, 3.63) is 45.8 Å². The van der Waals surface area contributed by atoms with Crippen LogP contribution in [0.25, 0.3) is 10.4 Å². The van der Waals surface area contributed by atoms with Crippen molar-refractivity contribution in [1.82, 2.24) is 0 Å². The van der Waals surface area contributed by atoms with Gasteiger partial charge >= 0.3 is 5.97 Å². The molecule has 0 radical (unpaired) electrons. The highest BCUT2D eigenvalue weighted by Crippen LogP contribution is 2.07. The molecule has 1 aromatic rings. The molecule has 0 aliphatic heterocycles. The first kappa shape index (κ1) is 11.7. The van der Waals surface area contributed by atoms with Gasteiger partial charge in [0.1, 0.15) is 0 Å². The zero-order valence-electron chi connectivity index (χ0n) is 8.58. The average molecular weight is 219 g/mol. The lowest BCUT2D eigenvalue weighted by atomic mass is 10.1. The first-order chi connectivity index (χ1) is 7.69. The van der Waals surface area contributed by atoms with Crippen LogP contribution in [-0.4, -0.2) is 25.4 Å². The second-order valence-corrected chi connectivity index (χ2v) is 2.88. The number of hydrogen-bond acceptors (Lipinski definition) is 4. The molecule has 1 rings (SSSR count). The van der Waals surface area contributed by atoms with Crippen LogP contribution in [0.3, 0.4) is 0 Å². The Hall–Kier alpha value is -2.33. The molecule has 0 fully saturated rings. The summed E-state index contributed by atoms with van der Waals surface area (Å²) in [6.45, 7) is -0.263. The molecule has 0 aliphatic carbocycles. The Morgan fingerprint density at radius 3 is 2.75 bits per heavy atom. The first-order valence-electron chi connectivity index (χ1n) is 4.41. The summed E-state index contributed by atoms with van der Waals surface area (Å²) in [4.78, 5) is 25.1. The van der Waals surface area contributed by atoms with Gasteiger partial charge in [-0.3, -0.25) is 4.79 Å². The molecular formula is C10H9N3O3. The Labute approximate surface area is 91.5 Å². The fourth-order valence-corrected chi connectivity index (χ4v) is 1.12. The van der Waals surface area contributed by atoms with Crippen molar-refractivity contribution < 1.29 is 14.3 Å². The van der Waals surface area contributed by atoms with Crippen LogP contribution < -0.4 is 0 Å². The third-order valence-electron chi connectivity index (χ3n) is 1.88. The van der Waals surface area contributed by atoms with E-state index in [9.17, 15) is 9.59 Å². The summed E-state index contributed by atoms with van der Waals surface area (Å²) >= 11 is 0. The molecule has 0 bridgehead atoms. The second-order valence-electron chi connectivity index (χ2n) is 2.88. The minimum atomic E-state index is -0.515. The smallest absolute Gasteiger partial charge is 0.337 e. The highest BCUT2D eigenvalue weighted by Gasteiger charge is 2.09. The van der Waals surface area contributed by atoms with E-state index in [0.717, 1.165) is 0 Å². The lowest BCUT2D eigenvalue weighted by molar-refractivity contribution is 0.0600. The highest BCUT2D eigenvalue weighted by atomic mass is 16.5. The van der Waals surface area contributed by atoms with E-state index < -0.39 is 5.97 Å². The molecule has 0 aromatic heterocycles. The van der Waals surface area contributed by atoms with E-state index in [0.29, 0.717) is 5.56 Å². The third kappa shape index (κ3) is 2.83. The molecule has 6 nitrogen and oxygen atoms in total. The summed E-state index contributed by atoms with van der Waals surface area (Å²) in [6, 6.07) is 6.05. The van der Waals surface area contributed by atoms with Gasteiger partial charge in [-0.1, -0.05) is 17.2 Å². The molecule has 0 unspecified atom stereocenters. The van der Waals surface area contributed by atoms with Crippen LogP contribution in [0.4, 0.5) is 0 Å². The zero-order valence-corrected chi connectivity index (χ0v) is 8.58. The van der Waals surface area contributed by atoms with Crippen molar-refractivity contribution in [3.8, 4) is 0 Å². The van der Waals surface area contributed by atoms with Crippen molar-refractivity contribution >= 4 is 11.8 Å². The number of methoxy groups -OCH3 is 1. The van der Waals surface area contributed by atoms with E-state index in [4.69, 9.17) is 5.53 Å². The summed E-state index contributed by atoms with van der Waals surface area (Å²) in [5, 5.41) is 3.16. The number of carbonyl (C=O) groups is 2. The van der Waals surface area contributed by atoms with Gasteiger partial charge in [-0.2, -0.15) is 0 Å². The van der Waals surface area contributed by atoms with E-state index in [1.807, 2.05) is 0 Å². The van der Waals surface area contributed by atoms with Gasteiger partial charge in [-0.05, 0) is 17.7 Å². The molecule has 6 heteroatoms. The van der Waals surface area contributed by atoms with Crippen LogP contribution >= 0.6 is 0 Å². The van der Waals surface area contributed by atoms with Gasteiger partial charge in [-0.25, -0.2) is 4.79 Å². The van der Waals surface area contributed by atoms with Crippen molar-refractivity contribution in [3.63, 3.8) is 0 Å². The van der Waals surface area contributed by atoms with Crippen LogP contribution in [0.2, 0.25) is 0 Å². The fraction of sp³-hybridized carbons (Fsp3) is 0.200. The van der Waals surface area contributed by atoms with E-state index in [2.05, 4.69) is 14.8 Å². The number of Topliss-reactive ketones (excluding diaryl/α,β-unsaturated/α-hetero) is 1. The van der Waals surface area contributed by atoms with Gasteiger partial charge < -0.3 is 4.74 Å². The fourth-order valence-electron chi connectivity index (χ4n) is 1.12. The summed E-state index contributed by atoms with van der Waals surface area (Å²) in [7, 11) is 1.26. The maximum absolute atomic E-state index is 11.4. The Morgan fingerprint density at radius 2 is 2.12 bits per heavy atom. The standard InChI is InChI=1S/C10H9N3O3/c1-16-10(15)8-4-2-3-7(5-8)9(14)6-12-13-11/h2-5H,6H2,1H3. The molecule has 0 N–H and O–H groups in total. The number of rotatable bonds is 4. The quantitative estimate of drug-likeness (QED) is 0.255. The molecule has 0 spiro atoms. The molecule has 0 atom stereocenters. The van der Waals surface area contributed by atoms with Gasteiger partial charge in [0.15, 0.2) is 5.78 Å². The molecule has 0 saturated carbocycles. The number of carbonyl (C=O) groups excluding carboxylic acids is 2. The van der Waals surface area contributed by atoms with Crippen LogP contribution in [0.5, 0.6) is 0 Å². The number of benzene rings is 1. The van der Waals surface area contributed by atoms with Crippen molar-refractivity contribution in [2.75, 3.05) is 13.7 Å². The monoisotopic (exact) mass is 219 g/mol. The van der Waals surface area contributed by atoms with Gasteiger partial charge in [0, 0.05) is 10.5 Å². The van der Waals surface area contributed by atoms with E-state index in [1.54, 1.807) is 12.1 Å². The SMILES string of the molecule is COC(=O)c1cccc(C(=O)CN=[N+]=[N-])c1.